The third kappa shape index (κ3) is 35.4. The molecule has 5 aromatic carbocycles. The molecule has 5 nitrogen and oxygen atoms in total. The Hall–Kier alpha value is -5.07. The third-order valence-corrected chi connectivity index (χ3v) is 16.1. The number of benzene rings is 5. The lowest BCUT2D eigenvalue weighted by atomic mass is 9.84. The van der Waals surface area contributed by atoms with Gasteiger partial charge < -0.3 is 13.9 Å². The van der Waals surface area contributed by atoms with Gasteiger partial charge in [0, 0.05) is 17.9 Å². The molecule has 0 saturated carbocycles. The van der Waals surface area contributed by atoms with Gasteiger partial charge >= 0.3 is 0 Å². The first-order valence-corrected chi connectivity index (χ1v) is 38.1. The van der Waals surface area contributed by atoms with Gasteiger partial charge in [0.05, 0.1) is 30.1 Å². The van der Waals surface area contributed by atoms with Crippen molar-refractivity contribution < 1.29 is 22.3 Å². The fraction of sp³-hybridized carbons (Fsp3) is 0.590. The molecule has 0 N–H and O–H groups in total. The molecule has 0 radical (unpaired) electrons. The predicted molar refractivity (Wildman–Crippen MR) is 404 cm³/mol. The second-order valence-corrected chi connectivity index (χ2v) is 21.2. The van der Waals surface area contributed by atoms with Crippen LogP contribution in [0.3, 0.4) is 0 Å². The van der Waals surface area contributed by atoms with Gasteiger partial charge in [-0.15, -0.1) is 0 Å². The van der Waals surface area contributed by atoms with E-state index in [1.165, 1.54) is 67.4 Å². The minimum Gasteiger partial charge on any atom is -0.493 e. The van der Waals surface area contributed by atoms with Crippen LogP contribution in [0, 0.1) is 0 Å². The predicted octanol–water partition coefficient (Wildman–Crippen LogP) is 27.6. The van der Waals surface area contributed by atoms with Crippen molar-refractivity contribution in [1.82, 2.24) is 0 Å². The van der Waals surface area contributed by atoms with E-state index in [4.69, 9.17) is 13.9 Å². The molecule has 1 aromatic heterocycles. The van der Waals surface area contributed by atoms with E-state index in [-0.39, 0.29) is 0 Å². The molecule has 89 heavy (non-hydrogen) atoms. The van der Waals surface area contributed by atoms with E-state index in [1.807, 2.05) is 209 Å². The number of hydrogen-bond donors (Lipinski definition) is 0. The molecule has 3 aliphatic carbocycles. The number of aryl methyl sites for hydroxylation is 3. The van der Waals surface area contributed by atoms with Gasteiger partial charge in [0.15, 0.2) is 9.84 Å². The highest BCUT2D eigenvalue weighted by atomic mass is 32.2. The van der Waals surface area contributed by atoms with E-state index in [1.54, 1.807) is 34.4 Å². The highest BCUT2D eigenvalue weighted by Gasteiger charge is 2.27. The van der Waals surface area contributed by atoms with Crippen LogP contribution in [0.15, 0.2) is 143 Å². The van der Waals surface area contributed by atoms with Gasteiger partial charge in [-0.2, -0.15) is 0 Å². The van der Waals surface area contributed by atoms with Crippen molar-refractivity contribution in [3.05, 3.63) is 184 Å². The van der Waals surface area contributed by atoms with Crippen LogP contribution < -0.4 is 9.47 Å². The van der Waals surface area contributed by atoms with E-state index >= 15 is 0 Å². The van der Waals surface area contributed by atoms with Crippen LogP contribution >= 0.6 is 0 Å². The topological polar surface area (TPSA) is 65.7 Å². The smallest absolute Gasteiger partial charge is 0.178 e. The summed E-state index contributed by atoms with van der Waals surface area (Å²) < 4.78 is 39.5. The van der Waals surface area contributed by atoms with Crippen LogP contribution in [0.25, 0.3) is 0 Å². The molecule has 6 aromatic rings. The van der Waals surface area contributed by atoms with Crippen LogP contribution in [0.1, 0.15) is 338 Å². The van der Waals surface area contributed by atoms with Crippen molar-refractivity contribution in [2.24, 2.45) is 0 Å². The highest BCUT2D eigenvalue weighted by Crippen LogP contribution is 2.36. The first kappa shape index (κ1) is 95.0. The Kier molecular flexibility index (Phi) is 68.8. The normalized spacial score (nSPS) is 17.8. The first-order valence-electron chi connectivity index (χ1n) is 36.5. The average molecular weight is 1250 g/mol. The van der Waals surface area contributed by atoms with Gasteiger partial charge in [0.25, 0.3) is 0 Å². The van der Waals surface area contributed by atoms with Gasteiger partial charge in [-0.05, 0) is 151 Å². The zero-order valence-corrected chi connectivity index (χ0v) is 64.6. The Morgan fingerprint density at radius 2 is 0.685 bits per heavy atom. The quantitative estimate of drug-likeness (QED) is 0.152. The molecular formula is C83H144O5S. The summed E-state index contributed by atoms with van der Waals surface area (Å²) in [5.74, 6) is 7.60. The second-order valence-electron chi connectivity index (χ2n) is 19.1. The maximum Gasteiger partial charge on any atom is 0.178 e. The summed E-state index contributed by atoms with van der Waals surface area (Å²) in [5, 5.41) is 0. The number of furan rings is 1. The van der Waals surface area contributed by atoms with Crippen molar-refractivity contribution in [2.75, 3.05) is 19.0 Å². The van der Waals surface area contributed by atoms with E-state index in [0.717, 1.165) is 67.3 Å². The molecule has 12 rings (SSSR count). The molecule has 3 aliphatic heterocycles. The van der Waals surface area contributed by atoms with E-state index in [2.05, 4.69) is 120 Å². The number of fused-ring (bicyclic) bond motifs is 6. The maximum absolute atomic E-state index is 11.6. The molecule has 6 unspecified atom stereocenters. The second kappa shape index (κ2) is 64.5. The fourth-order valence-electron chi connectivity index (χ4n) is 10.1. The molecule has 6 heteroatoms. The summed E-state index contributed by atoms with van der Waals surface area (Å²) in [4.78, 5) is 0.536. The Morgan fingerprint density at radius 1 is 0.326 bits per heavy atom. The lowest BCUT2D eigenvalue weighted by Crippen LogP contribution is -2.18. The van der Waals surface area contributed by atoms with Crippen LogP contribution in [0.5, 0.6) is 11.5 Å². The SMILES string of the molecule is CC.CC.CC.CC.CC.CC.CC.CC.CC.CC.CC.CC.CC1CCCc2ccccc21.CC1CCCc2occc21.CC1CCOc2ccccc21.CC1CCS(=O)(=O)c2ccccc21.CC1CCc2ccccc21.CC1COc2ccccc21. The van der Waals surface area contributed by atoms with Crippen molar-refractivity contribution in [1.29, 1.82) is 0 Å². The third-order valence-electron chi connectivity index (χ3n) is 14.3. The van der Waals surface area contributed by atoms with Crippen LogP contribution in [0.4, 0.5) is 0 Å². The van der Waals surface area contributed by atoms with Crippen molar-refractivity contribution in [3.8, 4) is 11.5 Å². The van der Waals surface area contributed by atoms with Crippen LogP contribution in [0.2, 0.25) is 0 Å². The van der Waals surface area contributed by atoms with Crippen LogP contribution in [-0.4, -0.2) is 27.4 Å². The zero-order chi connectivity index (χ0) is 69.8. The molecule has 0 bridgehead atoms. The van der Waals surface area contributed by atoms with Gasteiger partial charge in [-0.25, -0.2) is 8.42 Å². The number of rotatable bonds is 0. The molecule has 512 valence electrons. The molecule has 4 heterocycles. The summed E-state index contributed by atoms with van der Waals surface area (Å²) in [7, 11) is -2.97. The Balaban J connectivity index is -0.000000217. The standard InChI is InChI=1S/C11H14.C10H12O2S.C10H12O.C10H12.C9H12O.C9H10O.12C2H6/c1-9-5-4-7-10-6-2-3-8-11(9)10;1-8-6-7-13(11,12)10-5-3-2-4-9(8)10;1-8-6-7-11-10-5-3-2-4-9(8)10;1-8-6-7-9-4-2-3-5-10(8)9;1-7-3-2-4-9-8(7)5-6-10-9;1-7-6-10-9-5-3-2-4-8(7)9;12*1-2/h2-3,6,8-9H,4-5,7H2,1H3;2-5,8H,6-7H2,1H3;2-5,8H,6-7H2,1H3;2-5,8H,6-7H2,1H3;5-7H,2-4H2,1H3;2-5,7H,6H2,1H3;12*1-2H3. The Morgan fingerprint density at radius 3 is 1.12 bits per heavy atom. The van der Waals surface area contributed by atoms with Crippen molar-refractivity contribution in [3.63, 3.8) is 0 Å². The fourth-order valence-corrected chi connectivity index (χ4v) is 11.9. The molecule has 6 atom stereocenters. The number of para-hydroxylation sites is 2. The largest absolute Gasteiger partial charge is 0.493 e. The Labute approximate surface area is 555 Å². The van der Waals surface area contributed by atoms with Crippen molar-refractivity contribution >= 4 is 9.84 Å². The minimum absolute atomic E-state index is 0.297. The van der Waals surface area contributed by atoms with Crippen LogP contribution in [-0.2, 0) is 29.1 Å². The summed E-state index contributed by atoms with van der Waals surface area (Å²) in [6, 6.07) is 43.6. The van der Waals surface area contributed by atoms with E-state index < -0.39 is 9.84 Å². The number of hydrogen-bond acceptors (Lipinski definition) is 5. The number of ether oxygens (including phenoxy) is 2. The van der Waals surface area contributed by atoms with E-state index in [9.17, 15) is 8.42 Å². The number of sulfone groups is 1. The summed E-state index contributed by atoms with van der Waals surface area (Å²) in [6.45, 7) is 63.1. The highest BCUT2D eigenvalue weighted by molar-refractivity contribution is 7.91. The maximum atomic E-state index is 11.6. The van der Waals surface area contributed by atoms with Gasteiger partial charge in [0.2, 0.25) is 0 Å². The molecule has 0 fully saturated rings. The molecule has 6 aliphatic rings. The Bertz CT molecular complexity index is 2430. The molecular weight excluding hydrogens is 1110 g/mol. The van der Waals surface area contributed by atoms with E-state index in [0.29, 0.717) is 28.4 Å². The zero-order valence-electron chi connectivity index (χ0n) is 63.8. The van der Waals surface area contributed by atoms with Gasteiger partial charge in [0.1, 0.15) is 17.3 Å². The lowest BCUT2D eigenvalue weighted by molar-refractivity contribution is 0.272. The molecule has 0 amide bonds. The molecule has 0 spiro atoms. The molecule has 0 saturated heterocycles. The minimum atomic E-state index is -2.97. The van der Waals surface area contributed by atoms with Gasteiger partial charge in [-0.3, -0.25) is 0 Å². The average Bonchev–Trinajstić information content (AvgIpc) is 3.21. The monoisotopic (exact) mass is 1250 g/mol. The van der Waals surface area contributed by atoms with Gasteiger partial charge in [-0.1, -0.05) is 311 Å². The summed E-state index contributed by atoms with van der Waals surface area (Å²) >= 11 is 0. The summed E-state index contributed by atoms with van der Waals surface area (Å²) in [5.41, 5.74) is 11.4. The lowest BCUT2D eigenvalue weighted by Gasteiger charge is -2.22. The van der Waals surface area contributed by atoms with Crippen molar-refractivity contribution in [2.45, 2.75) is 312 Å². The summed E-state index contributed by atoms with van der Waals surface area (Å²) in [6.07, 6.45) is 14.1. The first-order chi connectivity index (χ1) is 43.5.